The molecule has 0 saturated carbocycles. The number of carbonyl (C=O) groups is 2. The number of aromatic nitrogens is 3. The molecule has 0 atom stereocenters. The number of nitrogens with zero attached hydrogens (tertiary/aromatic N) is 3. The molecular formula is C27H19ClF2N4O3. The largest absolute Gasteiger partial charge is 0.463 e. The van der Waals surface area contributed by atoms with Crippen LogP contribution in [0.4, 0.5) is 14.5 Å². The number of furan rings is 1. The van der Waals surface area contributed by atoms with Crippen LogP contribution in [0.2, 0.25) is 5.02 Å². The summed E-state index contributed by atoms with van der Waals surface area (Å²) in [7, 11) is 0. The number of fused-ring (bicyclic) bond motifs is 1. The Morgan fingerprint density at radius 3 is 2.57 bits per heavy atom. The molecule has 5 rings (SSSR count). The lowest BCUT2D eigenvalue weighted by atomic mass is 10.0. The van der Waals surface area contributed by atoms with Gasteiger partial charge in [0.25, 0.3) is 6.43 Å². The molecule has 0 fully saturated rings. The maximum atomic E-state index is 13.9. The van der Waals surface area contributed by atoms with Crippen molar-refractivity contribution < 1.29 is 22.8 Å². The molecule has 0 unspecified atom stereocenters. The van der Waals surface area contributed by atoms with Gasteiger partial charge in [-0.15, -0.1) is 0 Å². The molecule has 1 amide bonds. The Labute approximate surface area is 214 Å². The van der Waals surface area contributed by atoms with Gasteiger partial charge in [0.1, 0.15) is 12.2 Å². The fraction of sp³-hybridized carbons (Fsp3) is 0.111. The first-order valence-corrected chi connectivity index (χ1v) is 11.6. The van der Waals surface area contributed by atoms with E-state index in [1.54, 1.807) is 55.5 Å². The van der Waals surface area contributed by atoms with Crippen LogP contribution in [0.3, 0.4) is 0 Å². The summed E-state index contributed by atoms with van der Waals surface area (Å²) in [6.45, 7) is 1.25. The zero-order chi connectivity index (χ0) is 26.1. The predicted octanol–water partition coefficient (Wildman–Crippen LogP) is 6.46. The molecule has 0 aliphatic carbocycles. The van der Waals surface area contributed by atoms with Crippen LogP contribution in [0.15, 0.2) is 77.4 Å². The van der Waals surface area contributed by atoms with Crippen LogP contribution in [-0.2, 0) is 11.3 Å². The van der Waals surface area contributed by atoms with Gasteiger partial charge in [0.15, 0.2) is 17.2 Å². The van der Waals surface area contributed by atoms with Crippen molar-refractivity contribution in [2.45, 2.75) is 19.9 Å². The molecule has 7 nitrogen and oxygen atoms in total. The van der Waals surface area contributed by atoms with E-state index in [-0.39, 0.29) is 45.9 Å². The molecule has 0 aliphatic rings. The van der Waals surface area contributed by atoms with Gasteiger partial charge >= 0.3 is 0 Å². The molecule has 186 valence electrons. The highest BCUT2D eigenvalue weighted by atomic mass is 35.5. The number of hydrogen-bond acceptors (Lipinski definition) is 5. The van der Waals surface area contributed by atoms with Crippen molar-refractivity contribution in [3.8, 4) is 11.5 Å². The molecule has 0 aliphatic heterocycles. The van der Waals surface area contributed by atoms with E-state index in [0.29, 0.717) is 22.0 Å². The van der Waals surface area contributed by atoms with Crippen LogP contribution >= 0.6 is 11.6 Å². The molecule has 2 aromatic carbocycles. The molecule has 0 bridgehead atoms. The van der Waals surface area contributed by atoms with E-state index in [2.05, 4.69) is 15.4 Å². The maximum Gasteiger partial charge on any atom is 0.264 e. The molecule has 0 radical (unpaired) electrons. The van der Waals surface area contributed by atoms with E-state index in [1.165, 1.54) is 29.1 Å². The van der Waals surface area contributed by atoms with Gasteiger partial charge in [-0.3, -0.25) is 9.59 Å². The third kappa shape index (κ3) is 4.85. The highest BCUT2D eigenvalue weighted by Crippen LogP contribution is 2.33. The summed E-state index contributed by atoms with van der Waals surface area (Å²) in [5.41, 5.74) is 1.28. The zero-order valence-electron chi connectivity index (χ0n) is 19.4. The minimum atomic E-state index is -2.79. The summed E-state index contributed by atoms with van der Waals surface area (Å²) in [6, 6.07) is 17.6. The van der Waals surface area contributed by atoms with Crippen molar-refractivity contribution in [1.82, 2.24) is 14.8 Å². The van der Waals surface area contributed by atoms with Crippen molar-refractivity contribution in [2.24, 2.45) is 0 Å². The highest BCUT2D eigenvalue weighted by molar-refractivity contribution is 6.31. The molecule has 10 heteroatoms. The lowest BCUT2D eigenvalue weighted by Crippen LogP contribution is -2.21. The maximum absolute atomic E-state index is 13.9. The van der Waals surface area contributed by atoms with Gasteiger partial charge in [0.05, 0.1) is 23.0 Å². The summed E-state index contributed by atoms with van der Waals surface area (Å²) in [5.74, 6) is -0.536. The van der Waals surface area contributed by atoms with Gasteiger partial charge in [0.2, 0.25) is 5.91 Å². The summed E-state index contributed by atoms with van der Waals surface area (Å²) < 4.78 is 34.5. The third-order valence-electron chi connectivity index (χ3n) is 5.75. The van der Waals surface area contributed by atoms with E-state index in [4.69, 9.17) is 16.0 Å². The van der Waals surface area contributed by atoms with E-state index >= 15 is 0 Å². The van der Waals surface area contributed by atoms with Crippen molar-refractivity contribution in [2.75, 3.05) is 5.32 Å². The lowest BCUT2D eigenvalue weighted by molar-refractivity contribution is -0.116. The summed E-state index contributed by atoms with van der Waals surface area (Å²) >= 11 is 6.12. The first kappa shape index (κ1) is 24.3. The fourth-order valence-electron chi connectivity index (χ4n) is 4.10. The highest BCUT2D eigenvalue weighted by Gasteiger charge is 2.23. The van der Waals surface area contributed by atoms with Crippen LogP contribution in [0.1, 0.15) is 33.6 Å². The summed E-state index contributed by atoms with van der Waals surface area (Å²) in [6.07, 6.45) is -1.37. The number of hydrogen-bond donors (Lipinski definition) is 1. The normalized spacial score (nSPS) is 11.3. The average molecular weight is 521 g/mol. The van der Waals surface area contributed by atoms with Crippen LogP contribution in [-0.4, -0.2) is 26.5 Å². The minimum absolute atomic E-state index is 0.119. The smallest absolute Gasteiger partial charge is 0.264 e. The molecule has 5 aromatic rings. The van der Waals surface area contributed by atoms with Gasteiger partial charge in [-0.25, -0.2) is 18.4 Å². The molecular weight excluding hydrogens is 502 g/mol. The first-order valence-electron chi connectivity index (χ1n) is 11.2. The van der Waals surface area contributed by atoms with Gasteiger partial charge in [-0.2, -0.15) is 5.10 Å². The van der Waals surface area contributed by atoms with Crippen molar-refractivity contribution in [3.05, 3.63) is 100 Å². The molecule has 3 heterocycles. The Morgan fingerprint density at radius 1 is 1.08 bits per heavy atom. The number of rotatable bonds is 7. The van der Waals surface area contributed by atoms with Crippen LogP contribution in [0.25, 0.3) is 22.5 Å². The van der Waals surface area contributed by atoms with E-state index in [1.807, 2.05) is 0 Å². The Balaban J connectivity index is 1.49. The van der Waals surface area contributed by atoms with Crippen molar-refractivity contribution in [1.29, 1.82) is 0 Å². The number of alkyl halides is 2. The number of halogens is 3. The monoisotopic (exact) mass is 520 g/mol. The van der Waals surface area contributed by atoms with Gasteiger partial charge in [-0.05, 0) is 43.3 Å². The van der Waals surface area contributed by atoms with E-state index in [9.17, 15) is 18.4 Å². The third-order valence-corrected chi connectivity index (χ3v) is 5.98. The molecule has 37 heavy (non-hydrogen) atoms. The Bertz CT molecular complexity index is 1620. The molecule has 0 saturated heterocycles. The lowest BCUT2D eigenvalue weighted by Gasteiger charge is -2.12. The van der Waals surface area contributed by atoms with Crippen LogP contribution in [0.5, 0.6) is 0 Å². The van der Waals surface area contributed by atoms with Gasteiger partial charge < -0.3 is 9.73 Å². The minimum Gasteiger partial charge on any atom is -0.463 e. The van der Waals surface area contributed by atoms with Gasteiger partial charge in [-0.1, -0.05) is 41.9 Å². The number of carbonyl (C=O) groups excluding carboxylic acids is 2. The Hall–Kier alpha value is -4.37. The SMILES string of the molecule is Cc1nn(CC(=O)Nc2ccc(Cl)cc2C(=O)c2ccccc2)c2nc(-c3ccco3)cc(C(F)F)c12. The number of nitrogens with one attached hydrogen (secondary N) is 1. The summed E-state index contributed by atoms with van der Waals surface area (Å²) in [4.78, 5) is 30.6. The fourth-order valence-corrected chi connectivity index (χ4v) is 4.28. The molecule has 1 N–H and O–H groups in total. The number of benzene rings is 2. The average Bonchev–Trinajstić information content (AvgIpc) is 3.53. The van der Waals surface area contributed by atoms with E-state index in [0.717, 1.165) is 0 Å². The number of amides is 1. The number of ketones is 1. The number of anilines is 1. The molecule has 3 aromatic heterocycles. The number of aryl methyl sites for hydroxylation is 1. The predicted molar refractivity (Wildman–Crippen MR) is 135 cm³/mol. The van der Waals surface area contributed by atoms with Gasteiger partial charge in [0, 0.05) is 21.7 Å². The van der Waals surface area contributed by atoms with Crippen LogP contribution < -0.4 is 5.32 Å². The van der Waals surface area contributed by atoms with Crippen LogP contribution in [0, 0.1) is 6.92 Å². The van der Waals surface area contributed by atoms with Crippen molar-refractivity contribution in [3.63, 3.8) is 0 Å². The summed E-state index contributed by atoms with van der Waals surface area (Å²) in [5, 5.41) is 7.52. The first-order chi connectivity index (χ1) is 17.8. The second-order valence-corrected chi connectivity index (χ2v) is 8.69. The van der Waals surface area contributed by atoms with Crippen molar-refractivity contribution >= 4 is 40.0 Å². The number of pyridine rings is 1. The Morgan fingerprint density at radius 2 is 1.86 bits per heavy atom. The Kier molecular flexibility index (Phi) is 6.54. The second-order valence-electron chi connectivity index (χ2n) is 8.25. The molecule has 0 spiro atoms. The second kappa shape index (κ2) is 9.94. The quantitative estimate of drug-likeness (QED) is 0.249. The van der Waals surface area contributed by atoms with E-state index < -0.39 is 12.3 Å². The zero-order valence-corrected chi connectivity index (χ0v) is 20.2. The standard InChI is InChI=1S/C27H19ClF2N4O3/c1-15-24-19(26(29)30)13-21(22-8-5-11-37-22)32-27(24)34(33-15)14-23(35)31-20-10-9-17(28)12-18(20)25(36)16-6-3-2-4-7-16/h2-13,26H,14H2,1H3,(H,31,35). The topological polar surface area (TPSA) is 90.0 Å².